The maximum absolute atomic E-state index is 6.03. The molecule has 1 aliphatic rings. The molecule has 0 saturated heterocycles. The van der Waals surface area contributed by atoms with Gasteiger partial charge in [-0.05, 0) is 50.1 Å². The molecule has 1 aromatic rings. The van der Waals surface area contributed by atoms with Crippen molar-refractivity contribution in [1.29, 1.82) is 0 Å². The summed E-state index contributed by atoms with van der Waals surface area (Å²) in [4.78, 5) is 0. The van der Waals surface area contributed by atoms with Gasteiger partial charge in [-0.3, -0.25) is 4.68 Å². The third kappa shape index (κ3) is 3.41. The summed E-state index contributed by atoms with van der Waals surface area (Å²) in [7, 11) is 3.85. The number of hydrogen-bond donors (Lipinski definition) is 1. The minimum atomic E-state index is -0.0155. The van der Waals surface area contributed by atoms with Crippen molar-refractivity contribution in [3.63, 3.8) is 0 Å². The van der Waals surface area contributed by atoms with Crippen LogP contribution in [0.25, 0.3) is 0 Å². The standard InChI is InChI=1S/C16H29N3O/c1-5-17-15(10-14-11-18-19(3)12-14)16(20-4)8-6-13(2)7-9-16/h11-13,15,17H,5-10H2,1-4H3. The molecule has 1 fully saturated rings. The zero-order valence-corrected chi connectivity index (χ0v) is 13.4. The number of nitrogens with one attached hydrogen (secondary N) is 1. The first kappa shape index (κ1) is 15.5. The molecular weight excluding hydrogens is 250 g/mol. The van der Waals surface area contributed by atoms with Crippen LogP contribution in [-0.2, 0) is 18.2 Å². The summed E-state index contributed by atoms with van der Waals surface area (Å²) in [6, 6.07) is 0.370. The van der Waals surface area contributed by atoms with Crippen molar-refractivity contribution in [1.82, 2.24) is 15.1 Å². The van der Waals surface area contributed by atoms with Crippen molar-refractivity contribution in [2.75, 3.05) is 13.7 Å². The molecule has 0 aliphatic heterocycles. The van der Waals surface area contributed by atoms with Crippen LogP contribution in [-0.4, -0.2) is 35.1 Å². The van der Waals surface area contributed by atoms with Crippen LogP contribution in [0, 0.1) is 5.92 Å². The molecule has 0 bridgehead atoms. The number of methoxy groups -OCH3 is 1. The fraction of sp³-hybridized carbons (Fsp3) is 0.812. The molecule has 4 heteroatoms. The first-order valence-electron chi connectivity index (χ1n) is 7.85. The second-order valence-corrected chi connectivity index (χ2v) is 6.29. The topological polar surface area (TPSA) is 39.1 Å². The van der Waals surface area contributed by atoms with E-state index in [1.807, 2.05) is 25.0 Å². The fourth-order valence-electron chi connectivity index (χ4n) is 3.45. The summed E-state index contributed by atoms with van der Waals surface area (Å²) in [6.45, 7) is 5.50. The van der Waals surface area contributed by atoms with Gasteiger partial charge < -0.3 is 10.1 Å². The molecule has 114 valence electrons. The van der Waals surface area contributed by atoms with Gasteiger partial charge in [-0.25, -0.2) is 0 Å². The van der Waals surface area contributed by atoms with Crippen LogP contribution in [0.2, 0.25) is 0 Å². The third-order valence-electron chi connectivity index (χ3n) is 4.81. The molecule has 0 spiro atoms. The van der Waals surface area contributed by atoms with E-state index in [0.717, 1.165) is 31.7 Å². The number of rotatable bonds is 6. The molecule has 1 unspecified atom stereocenters. The molecule has 0 aromatic carbocycles. The largest absolute Gasteiger partial charge is 0.377 e. The van der Waals surface area contributed by atoms with Gasteiger partial charge in [0.1, 0.15) is 0 Å². The summed E-state index contributed by atoms with van der Waals surface area (Å²) >= 11 is 0. The maximum atomic E-state index is 6.03. The lowest BCUT2D eigenvalue weighted by atomic mass is 9.74. The Kier molecular flexibility index (Phi) is 5.22. The van der Waals surface area contributed by atoms with Crippen LogP contribution in [0.3, 0.4) is 0 Å². The Hall–Kier alpha value is -0.870. The normalized spacial score (nSPS) is 28.5. The predicted molar refractivity (Wildman–Crippen MR) is 81.7 cm³/mol. The molecule has 4 nitrogen and oxygen atoms in total. The highest BCUT2D eigenvalue weighted by atomic mass is 16.5. The van der Waals surface area contributed by atoms with Gasteiger partial charge in [-0.15, -0.1) is 0 Å². The summed E-state index contributed by atoms with van der Waals surface area (Å²) in [5.74, 6) is 0.832. The Bertz CT molecular complexity index is 408. The minimum Gasteiger partial charge on any atom is -0.377 e. The second kappa shape index (κ2) is 6.72. The maximum Gasteiger partial charge on any atom is 0.0834 e. The van der Waals surface area contributed by atoms with Crippen LogP contribution in [0.4, 0.5) is 0 Å². The lowest BCUT2D eigenvalue weighted by Gasteiger charge is -2.44. The first-order chi connectivity index (χ1) is 9.59. The molecule has 1 aromatic heterocycles. The minimum absolute atomic E-state index is 0.0155. The zero-order valence-electron chi connectivity index (χ0n) is 13.4. The van der Waals surface area contributed by atoms with Crippen molar-refractivity contribution in [2.24, 2.45) is 13.0 Å². The van der Waals surface area contributed by atoms with Gasteiger partial charge in [-0.2, -0.15) is 5.10 Å². The van der Waals surface area contributed by atoms with Gasteiger partial charge >= 0.3 is 0 Å². The average Bonchev–Trinajstić information content (AvgIpc) is 2.85. The average molecular weight is 279 g/mol. The quantitative estimate of drug-likeness (QED) is 0.870. The lowest BCUT2D eigenvalue weighted by Crippen LogP contribution is -2.54. The van der Waals surface area contributed by atoms with E-state index in [2.05, 4.69) is 30.5 Å². The van der Waals surface area contributed by atoms with E-state index in [0.29, 0.717) is 6.04 Å². The second-order valence-electron chi connectivity index (χ2n) is 6.29. The van der Waals surface area contributed by atoms with Gasteiger partial charge in [0.15, 0.2) is 0 Å². The Morgan fingerprint density at radius 2 is 2.20 bits per heavy atom. The summed E-state index contributed by atoms with van der Waals surface area (Å²) in [5, 5.41) is 7.94. The van der Waals surface area contributed by atoms with E-state index >= 15 is 0 Å². The van der Waals surface area contributed by atoms with E-state index < -0.39 is 0 Å². The lowest BCUT2D eigenvalue weighted by molar-refractivity contribution is -0.0742. The van der Waals surface area contributed by atoms with Gasteiger partial charge in [0.25, 0.3) is 0 Å². The SMILES string of the molecule is CCNC(Cc1cnn(C)c1)C1(OC)CCC(C)CC1. The van der Waals surface area contributed by atoms with Crippen molar-refractivity contribution in [2.45, 2.75) is 57.6 Å². The van der Waals surface area contributed by atoms with Gasteiger partial charge in [-0.1, -0.05) is 13.8 Å². The summed E-state index contributed by atoms with van der Waals surface area (Å²) in [5.41, 5.74) is 1.27. The van der Waals surface area contributed by atoms with Crippen molar-refractivity contribution >= 4 is 0 Å². The van der Waals surface area contributed by atoms with E-state index in [-0.39, 0.29) is 5.60 Å². The highest BCUT2D eigenvalue weighted by Crippen LogP contribution is 2.37. The number of likely N-dealkylation sites (N-methyl/N-ethyl adjacent to an activating group) is 1. The predicted octanol–water partition coefficient (Wildman–Crippen LogP) is 2.54. The van der Waals surface area contributed by atoms with Crippen molar-refractivity contribution in [3.8, 4) is 0 Å². The van der Waals surface area contributed by atoms with Crippen LogP contribution in [0.5, 0.6) is 0 Å². The van der Waals surface area contributed by atoms with E-state index in [1.165, 1.54) is 18.4 Å². The molecule has 2 rings (SSSR count). The Balaban J connectivity index is 2.12. The number of hydrogen-bond acceptors (Lipinski definition) is 3. The van der Waals surface area contributed by atoms with Crippen LogP contribution >= 0.6 is 0 Å². The summed E-state index contributed by atoms with van der Waals surface area (Å²) < 4.78 is 7.91. The van der Waals surface area contributed by atoms with Crippen molar-refractivity contribution < 1.29 is 4.74 Å². The van der Waals surface area contributed by atoms with Crippen LogP contribution < -0.4 is 5.32 Å². The van der Waals surface area contributed by atoms with Crippen LogP contribution in [0.15, 0.2) is 12.4 Å². The summed E-state index contributed by atoms with van der Waals surface area (Å²) in [6.07, 6.45) is 9.92. The molecule has 20 heavy (non-hydrogen) atoms. The molecule has 1 aliphatic carbocycles. The van der Waals surface area contributed by atoms with Crippen LogP contribution in [0.1, 0.15) is 45.1 Å². The van der Waals surface area contributed by atoms with E-state index in [1.54, 1.807) is 0 Å². The van der Waals surface area contributed by atoms with Gasteiger partial charge in [0.2, 0.25) is 0 Å². The smallest absolute Gasteiger partial charge is 0.0834 e. The van der Waals surface area contributed by atoms with Gasteiger partial charge in [0, 0.05) is 26.4 Å². The number of aromatic nitrogens is 2. The molecule has 1 saturated carbocycles. The van der Waals surface area contributed by atoms with E-state index in [4.69, 9.17) is 4.74 Å². The molecule has 0 amide bonds. The Morgan fingerprint density at radius 3 is 2.70 bits per heavy atom. The fourth-order valence-corrected chi connectivity index (χ4v) is 3.45. The van der Waals surface area contributed by atoms with Crippen molar-refractivity contribution in [3.05, 3.63) is 18.0 Å². The Morgan fingerprint density at radius 1 is 1.50 bits per heavy atom. The Labute approximate surface area is 122 Å². The third-order valence-corrected chi connectivity index (χ3v) is 4.81. The monoisotopic (exact) mass is 279 g/mol. The molecule has 1 heterocycles. The number of nitrogens with zero attached hydrogens (tertiary/aromatic N) is 2. The molecular formula is C16H29N3O. The highest BCUT2D eigenvalue weighted by molar-refractivity contribution is 5.10. The molecule has 1 N–H and O–H groups in total. The molecule has 1 atom stereocenters. The highest BCUT2D eigenvalue weighted by Gasteiger charge is 2.41. The number of ether oxygens (including phenoxy) is 1. The first-order valence-corrected chi connectivity index (χ1v) is 7.85. The molecule has 0 radical (unpaired) electrons. The van der Waals surface area contributed by atoms with E-state index in [9.17, 15) is 0 Å². The number of aryl methyl sites for hydroxylation is 1. The zero-order chi connectivity index (χ0) is 14.6. The van der Waals surface area contributed by atoms with Gasteiger partial charge in [0.05, 0.1) is 11.8 Å².